The minimum atomic E-state index is 0.333. The smallest absolute Gasteiger partial charge is 0.0518 e. The van der Waals surface area contributed by atoms with Gasteiger partial charge in [0.2, 0.25) is 0 Å². The van der Waals surface area contributed by atoms with E-state index >= 15 is 0 Å². The molecule has 1 aromatic heterocycles. The second-order valence-electron chi connectivity index (χ2n) is 5.24. The van der Waals surface area contributed by atoms with E-state index in [9.17, 15) is 0 Å². The van der Waals surface area contributed by atoms with Crippen LogP contribution in [0.1, 0.15) is 20.3 Å². The number of ether oxygens (including phenoxy) is 1. The lowest BCUT2D eigenvalue weighted by molar-refractivity contribution is 0.0771. The van der Waals surface area contributed by atoms with Crippen LogP contribution in [0, 0.1) is 0 Å². The van der Waals surface area contributed by atoms with E-state index < -0.39 is 0 Å². The number of fused-ring (bicyclic) bond motifs is 1. The maximum Gasteiger partial charge on any atom is 0.0518 e. The average molecular weight is 339 g/mol. The Morgan fingerprint density at radius 3 is 2.90 bits per heavy atom. The molecule has 1 N–H and O–H groups in total. The quantitative estimate of drug-likeness (QED) is 0.740. The molecule has 0 aliphatic carbocycles. The Morgan fingerprint density at radius 2 is 2.10 bits per heavy atom. The molecular formula is C16H23BrN2O. The van der Waals surface area contributed by atoms with Gasteiger partial charge in [-0.05, 0) is 50.4 Å². The highest BCUT2D eigenvalue weighted by molar-refractivity contribution is 9.10. The van der Waals surface area contributed by atoms with E-state index in [-0.39, 0.29) is 0 Å². The van der Waals surface area contributed by atoms with Crippen LogP contribution in [0.4, 0.5) is 0 Å². The molecule has 1 aromatic carbocycles. The van der Waals surface area contributed by atoms with Crippen molar-refractivity contribution in [1.82, 2.24) is 9.88 Å². The third-order valence-electron chi connectivity index (χ3n) is 3.21. The monoisotopic (exact) mass is 338 g/mol. The predicted octanol–water partition coefficient (Wildman–Crippen LogP) is 3.81. The summed E-state index contributed by atoms with van der Waals surface area (Å²) in [6.45, 7) is 7.97. The van der Waals surface area contributed by atoms with Crippen LogP contribution in [0.15, 0.2) is 34.9 Å². The third kappa shape index (κ3) is 4.62. The molecule has 0 unspecified atom stereocenters. The van der Waals surface area contributed by atoms with Gasteiger partial charge in [0.1, 0.15) is 0 Å². The van der Waals surface area contributed by atoms with E-state index in [0.717, 1.165) is 37.1 Å². The van der Waals surface area contributed by atoms with Crippen LogP contribution in [0.3, 0.4) is 0 Å². The minimum Gasteiger partial charge on any atom is -0.379 e. The van der Waals surface area contributed by atoms with Crippen molar-refractivity contribution in [3.8, 4) is 0 Å². The largest absolute Gasteiger partial charge is 0.379 e. The van der Waals surface area contributed by atoms with Crippen LogP contribution in [0.5, 0.6) is 0 Å². The summed E-state index contributed by atoms with van der Waals surface area (Å²) in [6, 6.07) is 8.57. The highest BCUT2D eigenvalue weighted by Gasteiger charge is 2.01. The van der Waals surface area contributed by atoms with E-state index in [2.05, 4.69) is 70.1 Å². The first kappa shape index (κ1) is 15.5. The van der Waals surface area contributed by atoms with Crippen LogP contribution in [-0.2, 0) is 11.3 Å². The molecule has 3 nitrogen and oxygen atoms in total. The molecule has 0 radical (unpaired) electrons. The number of nitrogens with one attached hydrogen (secondary N) is 1. The van der Waals surface area contributed by atoms with Crippen molar-refractivity contribution in [3.05, 3.63) is 34.9 Å². The second-order valence-corrected chi connectivity index (χ2v) is 6.15. The van der Waals surface area contributed by atoms with Gasteiger partial charge < -0.3 is 14.6 Å². The van der Waals surface area contributed by atoms with E-state index in [0.29, 0.717) is 6.10 Å². The maximum atomic E-state index is 5.51. The Hall–Kier alpha value is -0.840. The maximum absolute atomic E-state index is 5.51. The molecule has 0 spiro atoms. The Labute approximate surface area is 129 Å². The molecule has 110 valence electrons. The van der Waals surface area contributed by atoms with Gasteiger partial charge in [-0.1, -0.05) is 22.0 Å². The molecule has 0 saturated heterocycles. The van der Waals surface area contributed by atoms with Crippen LogP contribution in [0.25, 0.3) is 10.9 Å². The Balaban J connectivity index is 1.72. The predicted molar refractivity (Wildman–Crippen MR) is 88.2 cm³/mol. The van der Waals surface area contributed by atoms with Gasteiger partial charge in [-0.15, -0.1) is 0 Å². The normalized spacial score (nSPS) is 11.6. The van der Waals surface area contributed by atoms with Gasteiger partial charge in [0.05, 0.1) is 6.10 Å². The van der Waals surface area contributed by atoms with Crippen molar-refractivity contribution in [2.24, 2.45) is 0 Å². The first-order valence-corrected chi connectivity index (χ1v) is 8.03. The molecule has 0 amide bonds. The first-order valence-electron chi connectivity index (χ1n) is 7.23. The zero-order valence-corrected chi connectivity index (χ0v) is 13.8. The molecule has 20 heavy (non-hydrogen) atoms. The number of nitrogens with zero attached hydrogens (tertiary/aromatic N) is 1. The van der Waals surface area contributed by atoms with Gasteiger partial charge in [0, 0.05) is 35.9 Å². The summed E-state index contributed by atoms with van der Waals surface area (Å²) >= 11 is 3.53. The number of halogens is 1. The SMILES string of the molecule is CC(C)OCCCNCCn1ccc2ccc(Br)cc21. The molecule has 0 atom stereocenters. The lowest BCUT2D eigenvalue weighted by Crippen LogP contribution is -2.22. The topological polar surface area (TPSA) is 26.2 Å². The minimum absolute atomic E-state index is 0.333. The van der Waals surface area contributed by atoms with Crippen molar-refractivity contribution in [2.75, 3.05) is 19.7 Å². The van der Waals surface area contributed by atoms with Crippen molar-refractivity contribution in [3.63, 3.8) is 0 Å². The zero-order valence-electron chi connectivity index (χ0n) is 12.2. The highest BCUT2D eigenvalue weighted by Crippen LogP contribution is 2.20. The Kier molecular flexibility index (Phi) is 6.07. The van der Waals surface area contributed by atoms with Crippen molar-refractivity contribution >= 4 is 26.8 Å². The summed E-state index contributed by atoms with van der Waals surface area (Å²) < 4.78 is 8.93. The molecule has 0 fully saturated rings. The standard InChI is InChI=1S/C16H23BrN2O/c1-13(2)20-11-3-7-18-8-10-19-9-6-14-4-5-15(17)12-16(14)19/h4-6,9,12-13,18H,3,7-8,10-11H2,1-2H3. The van der Waals surface area contributed by atoms with Crippen molar-refractivity contribution < 1.29 is 4.74 Å². The fraction of sp³-hybridized carbons (Fsp3) is 0.500. The molecule has 2 rings (SSSR count). The van der Waals surface area contributed by atoms with Crippen LogP contribution >= 0.6 is 15.9 Å². The number of hydrogen-bond donors (Lipinski definition) is 1. The number of hydrogen-bond acceptors (Lipinski definition) is 2. The van der Waals surface area contributed by atoms with Gasteiger partial charge in [0.15, 0.2) is 0 Å². The van der Waals surface area contributed by atoms with E-state index in [1.54, 1.807) is 0 Å². The van der Waals surface area contributed by atoms with Crippen LogP contribution in [-0.4, -0.2) is 30.4 Å². The number of benzene rings is 1. The van der Waals surface area contributed by atoms with Crippen molar-refractivity contribution in [1.29, 1.82) is 0 Å². The summed E-state index contributed by atoms with van der Waals surface area (Å²) in [5, 5.41) is 4.75. The van der Waals surface area contributed by atoms with Gasteiger partial charge in [-0.3, -0.25) is 0 Å². The number of aromatic nitrogens is 1. The van der Waals surface area contributed by atoms with E-state index in [1.807, 2.05) is 0 Å². The van der Waals surface area contributed by atoms with E-state index in [1.165, 1.54) is 10.9 Å². The molecular weight excluding hydrogens is 316 g/mol. The lowest BCUT2D eigenvalue weighted by atomic mass is 10.2. The van der Waals surface area contributed by atoms with Gasteiger partial charge in [-0.2, -0.15) is 0 Å². The second kappa shape index (κ2) is 7.81. The van der Waals surface area contributed by atoms with Gasteiger partial charge in [-0.25, -0.2) is 0 Å². The molecule has 1 heterocycles. The summed E-state index contributed by atoms with van der Waals surface area (Å²) in [6.07, 6.45) is 3.55. The molecule has 0 saturated carbocycles. The summed E-state index contributed by atoms with van der Waals surface area (Å²) in [5.41, 5.74) is 1.28. The fourth-order valence-corrected chi connectivity index (χ4v) is 2.54. The Bertz CT molecular complexity index is 536. The fourth-order valence-electron chi connectivity index (χ4n) is 2.19. The Morgan fingerprint density at radius 1 is 1.25 bits per heavy atom. The van der Waals surface area contributed by atoms with Crippen LogP contribution < -0.4 is 5.32 Å². The highest BCUT2D eigenvalue weighted by atomic mass is 79.9. The molecule has 2 aromatic rings. The first-order chi connectivity index (χ1) is 9.66. The lowest BCUT2D eigenvalue weighted by Gasteiger charge is -2.09. The van der Waals surface area contributed by atoms with Crippen LogP contribution in [0.2, 0.25) is 0 Å². The summed E-state index contributed by atoms with van der Waals surface area (Å²) in [5.74, 6) is 0. The van der Waals surface area contributed by atoms with Crippen molar-refractivity contribution in [2.45, 2.75) is 32.9 Å². The zero-order chi connectivity index (χ0) is 14.4. The van der Waals surface area contributed by atoms with Gasteiger partial charge in [0.25, 0.3) is 0 Å². The average Bonchev–Trinajstić information content (AvgIpc) is 2.80. The summed E-state index contributed by atoms with van der Waals surface area (Å²) in [7, 11) is 0. The molecule has 0 aliphatic heterocycles. The third-order valence-corrected chi connectivity index (χ3v) is 3.71. The molecule has 0 aliphatic rings. The summed E-state index contributed by atoms with van der Waals surface area (Å²) in [4.78, 5) is 0. The number of rotatable bonds is 8. The molecule has 0 bridgehead atoms. The van der Waals surface area contributed by atoms with Gasteiger partial charge >= 0.3 is 0 Å². The molecule has 4 heteroatoms. The van der Waals surface area contributed by atoms with E-state index in [4.69, 9.17) is 4.74 Å².